The van der Waals surface area contributed by atoms with Crippen molar-refractivity contribution in [2.24, 2.45) is 7.05 Å². The zero-order valence-electron chi connectivity index (χ0n) is 18.9. The van der Waals surface area contributed by atoms with Crippen molar-refractivity contribution in [3.63, 3.8) is 0 Å². The van der Waals surface area contributed by atoms with Gasteiger partial charge in [0.05, 0.1) is 11.0 Å². The largest absolute Gasteiger partial charge is 0.327 e. The van der Waals surface area contributed by atoms with Crippen molar-refractivity contribution in [1.29, 1.82) is 0 Å². The average molecular weight is 435 g/mol. The van der Waals surface area contributed by atoms with Crippen LogP contribution in [0, 0.1) is 0 Å². The molecule has 1 aromatic heterocycles. The third kappa shape index (κ3) is 2.79. The van der Waals surface area contributed by atoms with Crippen LogP contribution in [0.15, 0.2) is 115 Å². The van der Waals surface area contributed by atoms with Gasteiger partial charge in [-0.1, -0.05) is 97.1 Å². The quantitative estimate of drug-likeness (QED) is 0.250. The summed E-state index contributed by atoms with van der Waals surface area (Å²) < 4.78 is 2.16. The van der Waals surface area contributed by atoms with E-state index in [1.807, 2.05) is 6.07 Å². The minimum absolute atomic E-state index is 0.990. The number of nitrogens with zero attached hydrogens (tertiary/aromatic N) is 2. The van der Waals surface area contributed by atoms with Crippen LogP contribution in [0.1, 0.15) is 0 Å². The molecule has 0 aliphatic heterocycles. The Balaban J connectivity index is 1.38. The van der Waals surface area contributed by atoms with Gasteiger partial charge in [0.2, 0.25) is 0 Å². The van der Waals surface area contributed by atoms with Gasteiger partial charge < -0.3 is 4.57 Å². The second-order valence-corrected chi connectivity index (χ2v) is 8.91. The van der Waals surface area contributed by atoms with E-state index in [0.29, 0.717) is 0 Å². The summed E-state index contributed by atoms with van der Waals surface area (Å²) in [5, 5.41) is 7.82. The summed E-state index contributed by atoms with van der Waals surface area (Å²) in [7, 11) is 2.08. The summed E-state index contributed by atoms with van der Waals surface area (Å²) in [5.41, 5.74) is 5.73. The van der Waals surface area contributed by atoms with Gasteiger partial charge in [0.1, 0.15) is 5.82 Å². The second kappa shape index (κ2) is 7.29. The molecule has 7 aromatic rings. The van der Waals surface area contributed by atoms with Crippen LogP contribution in [0.4, 0.5) is 0 Å². The maximum Gasteiger partial charge on any atom is 0.140 e. The van der Waals surface area contributed by atoms with Crippen molar-refractivity contribution in [3.05, 3.63) is 115 Å². The Bertz CT molecular complexity index is 1820. The molecule has 34 heavy (non-hydrogen) atoms. The highest BCUT2D eigenvalue weighted by Gasteiger charge is 2.11. The first-order chi connectivity index (χ1) is 16.8. The standard InChI is InChI=1S/C32H22N2/c1-34-31-13-7-6-12-30(31)33-32(34)22-16-14-21(15-17-22)23-18-19-28-26-10-3-2-8-24(26)25-9-4-5-11-27(25)29(28)20-23/h2-20H,1H3. The number of para-hydroxylation sites is 2. The maximum atomic E-state index is 4.85. The SMILES string of the molecule is Cn1c(-c2ccc(-c3ccc4c5ccccc5c5ccccc5c4c3)cc2)nc2ccccc21. The van der Waals surface area contributed by atoms with E-state index < -0.39 is 0 Å². The molecule has 0 saturated heterocycles. The fraction of sp³-hybridized carbons (Fsp3) is 0.0312. The van der Waals surface area contributed by atoms with Gasteiger partial charge in [-0.25, -0.2) is 4.98 Å². The number of aryl methyl sites for hydroxylation is 1. The van der Waals surface area contributed by atoms with E-state index in [1.165, 1.54) is 43.4 Å². The Morgan fingerprint density at radius 1 is 0.471 bits per heavy atom. The van der Waals surface area contributed by atoms with Crippen LogP contribution < -0.4 is 0 Å². The number of imidazole rings is 1. The summed E-state index contributed by atoms with van der Waals surface area (Å²) in [6.45, 7) is 0. The van der Waals surface area contributed by atoms with Gasteiger partial charge in [-0.2, -0.15) is 0 Å². The molecule has 0 N–H and O–H groups in total. The van der Waals surface area contributed by atoms with Crippen molar-refractivity contribution < 1.29 is 0 Å². The van der Waals surface area contributed by atoms with Crippen molar-refractivity contribution in [2.75, 3.05) is 0 Å². The first-order valence-electron chi connectivity index (χ1n) is 11.6. The van der Waals surface area contributed by atoms with Crippen LogP contribution >= 0.6 is 0 Å². The number of rotatable bonds is 2. The molecule has 1 heterocycles. The molecule has 0 atom stereocenters. The highest BCUT2D eigenvalue weighted by Crippen LogP contribution is 2.37. The van der Waals surface area contributed by atoms with Crippen molar-refractivity contribution in [1.82, 2.24) is 9.55 Å². The van der Waals surface area contributed by atoms with E-state index in [0.717, 1.165) is 22.4 Å². The third-order valence-corrected chi connectivity index (χ3v) is 7.01. The summed E-state index contributed by atoms with van der Waals surface area (Å²) >= 11 is 0. The lowest BCUT2D eigenvalue weighted by Crippen LogP contribution is -1.92. The van der Waals surface area contributed by atoms with Gasteiger partial charge in [-0.05, 0) is 61.6 Å². The molecule has 6 aromatic carbocycles. The first kappa shape index (κ1) is 19.1. The molecule has 0 saturated carbocycles. The van der Waals surface area contributed by atoms with Gasteiger partial charge in [0, 0.05) is 12.6 Å². The molecule has 0 unspecified atom stereocenters. The molecule has 0 bridgehead atoms. The zero-order valence-corrected chi connectivity index (χ0v) is 18.9. The maximum absolute atomic E-state index is 4.85. The molecule has 0 aliphatic rings. The van der Waals surface area contributed by atoms with Gasteiger partial charge in [0.25, 0.3) is 0 Å². The molecule has 7 rings (SSSR count). The van der Waals surface area contributed by atoms with Crippen molar-refractivity contribution in [2.45, 2.75) is 0 Å². The lowest BCUT2D eigenvalue weighted by atomic mass is 9.92. The Morgan fingerprint density at radius 2 is 0.971 bits per heavy atom. The van der Waals surface area contributed by atoms with Crippen LogP contribution in [0.25, 0.3) is 65.9 Å². The molecule has 2 nitrogen and oxygen atoms in total. The molecule has 0 aliphatic carbocycles. The summed E-state index contributed by atoms with van der Waals surface area (Å²) in [6, 6.07) is 41.4. The van der Waals surface area contributed by atoms with Gasteiger partial charge in [-0.3, -0.25) is 0 Å². The van der Waals surface area contributed by atoms with Gasteiger partial charge in [-0.15, -0.1) is 0 Å². The number of aromatic nitrogens is 2. The topological polar surface area (TPSA) is 17.8 Å². The van der Waals surface area contributed by atoms with Crippen LogP contribution in [-0.2, 0) is 7.05 Å². The summed E-state index contributed by atoms with van der Waals surface area (Å²) in [5.74, 6) is 0.990. The lowest BCUT2D eigenvalue weighted by molar-refractivity contribution is 0.959. The van der Waals surface area contributed by atoms with Gasteiger partial charge >= 0.3 is 0 Å². The van der Waals surface area contributed by atoms with E-state index in [4.69, 9.17) is 4.98 Å². The minimum atomic E-state index is 0.990. The Kier molecular flexibility index (Phi) is 4.09. The predicted octanol–water partition coefficient (Wildman–Crippen LogP) is 8.37. The number of benzene rings is 6. The third-order valence-electron chi connectivity index (χ3n) is 7.01. The smallest absolute Gasteiger partial charge is 0.140 e. The van der Waals surface area contributed by atoms with E-state index in [1.54, 1.807) is 0 Å². The molecular formula is C32H22N2. The normalized spacial score (nSPS) is 11.7. The van der Waals surface area contributed by atoms with Crippen LogP contribution in [0.5, 0.6) is 0 Å². The first-order valence-corrected chi connectivity index (χ1v) is 11.6. The highest BCUT2D eigenvalue weighted by atomic mass is 15.1. The van der Waals surface area contributed by atoms with Crippen LogP contribution in [0.3, 0.4) is 0 Å². The average Bonchev–Trinajstić information content (AvgIpc) is 3.25. The van der Waals surface area contributed by atoms with E-state index in [-0.39, 0.29) is 0 Å². The Morgan fingerprint density at radius 3 is 1.62 bits per heavy atom. The molecule has 0 amide bonds. The van der Waals surface area contributed by atoms with Crippen LogP contribution in [0.2, 0.25) is 0 Å². The van der Waals surface area contributed by atoms with Crippen molar-refractivity contribution >= 4 is 43.4 Å². The lowest BCUT2D eigenvalue weighted by Gasteiger charge is -2.12. The molecule has 0 fully saturated rings. The minimum Gasteiger partial charge on any atom is -0.327 e. The predicted molar refractivity (Wildman–Crippen MR) is 144 cm³/mol. The second-order valence-electron chi connectivity index (χ2n) is 8.91. The molecule has 160 valence electrons. The number of hydrogen-bond acceptors (Lipinski definition) is 1. The fourth-order valence-electron chi connectivity index (χ4n) is 5.30. The summed E-state index contributed by atoms with van der Waals surface area (Å²) in [6.07, 6.45) is 0. The van der Waals surface area contributed by atoms with Gasteiger partial charge in [0.15, 0.2) is 0 Å². The van der Waals surface area contributed by atoms with E-state index in [9.17, 15) is 0 Å². The highest BCUT2D eigenvalue weighted by molar-refractivity contribution is 6.25. The zero-order chi connectivity index (χ0) is 22.6. The number of fused-ring (bicyclic) bond motifs is 7. The number of hydrogen-bond donors (Lipinski definition) is 0. The van der Waals surface area contributed by atoms with E-state index >= 15 is 0 Å². The molecule has 0 spiro atoms. The molecular weight excluding hydrogens is 412 g/mol. The Hall–Kier alpha value is -4.43. The summed E-state index contributed by atoms with van der Waals surface area (Å²) in [4.78, 5) is 4.85. The van der Waals surface area contributed by atoms with Crippen molar-refractivity contribution in [3.8, 4) is 22.5 Å². The fourth-order valence-corrected chi connectivity index (χ4v) is 5.30. The monoisotopic (exact) mass is 434 g/mol. The Labute approximate surface area is 197 Å². The van der Waals surface area contributed by atoms with Crippen LogP contribution in [-0.4, -0.2) is 9.55 Å². The molecule has 2 heteroatoms. The van der Waals surface area contributed by atoms with E-state index in [2.05, 4.69) is 121 Å². The molecule has 0 radical (unpaired) electrons.